The number of thiazole rings is 1. The molecule has 2 aromatic carbocycles. The lowest BCUT2D eigenvalue weighted by atomic mass is 10.2. The molecule has 0 unspecified atom stereocenters. The van der Waals surface area contributed by atoms with Gasteiger partial charge in [-0.3, -0.25) is 9.59 Å². The zero-order chi connectivity index (χ0) is 21.2. The number of nitrogens with zero attached hydrogens (tertiary/aromatic N) is 2. The van der Waals surface area contributed by atoms with Crippen molar-refractivity contribution in [3.05, 3.63) is 58.6 Å². The van der Waals surface area contributed by atoms with Crippen molar-refractivity contribution in [1.29, 1.82) is 0 Å². The van der Waals surface area contributed by atoms with E-state index in [-0.39, 0.29) is 33.1 Å². The normalized spacial score (nSPS) is 12.3. The van der Waals surface area contributed by atoms with E-state index >= 15 is 0 Å². The van der Waals surface area contributed by atoms with E-state index in [0.717, 1.165) is 11.3 Å². The summed E-state index contributed by atoms with van der Waals surface area (Å²) < 4.78 is 45.4. The quantitative estimate of drug-likeness (QED) is 0.573. The first-order valence-electron chi connectivity index (χ1n) is 8.54. The van der Waals surface area contributed by atoms with Gasteiger partial charge in [0, 0.05) is 0 Å². The van der Waals surface area contributed by atoms with Crippen molar-refractivity contribution in [1.82, 2.24) is 4.57 Å². The summed E-state index contributed by atoms with van der Waals surface area (Å²) in [6.45, 7) is 1.13. The first kappa shape index (κ1) is 20.9. The molecule has 0 atom stereocenters. The topological polar surface area (TPSA) is 94.8 Å². The number of benzene rings is 2. The van der Waals surface area contributed by atoms with E-state index in [4.69, 9.17) is 0 Å². The van der Waals surface area contributed by atoms with Crippen LogP contribution in [0.5, 0.6) is 0 Å². The number of hydrogen-bond acceptors (Lipinski definition) is 6. The number of fused-ring (bicyclic) bond motifs is 1. The summed E-state index contributed by atoms with van der Waals surface area (Å²) in [6, 6.07) is 10.1. The maximum atomic E-state index is 14.4. The average molecular weight is 436 g/mol. The molecule has 0 N–H and O–H groups in total. The molecule has 0 aliphatic carbocycles. The summed E-state index contributed by atoms with van der Waals surface area (Å²) in [5.41, 5.74) is 0.0285. The molecule has 1 aromatic heterocycles. The number of amides is 1. The molecule has 3 aromatic rings. The van der Waals surface area contributed by atoms with Crippen LogP contribution in [0.2, 0.25) is 0 Å². The molecule has 0 fully saturated rings. The highest BCUT2D eigenvalue weighted by Gasteiger charge is 2.21. The van der Waals surface area contributed by atoms with Crippen molar-refractivity contribution >= 4 is 43.3 Å². The van der Waals surface area contributed by atoms with E-state index in [0.29, 0.717) is 4.70 Å². The molecule has 0 spiro atoms. The minimum Gasteiger partial charge on any atom is -0.468 e. The Morgan fingerprint density at radius 3 is 2.59 bits per heavy atom. The molecule has 0 aliphatic rings. The van der Waals surface area contributed by atoms with Crippen LogP contribution in [0.1, 0.15) is 17.3 Å². The lowest BCUT2D eigenvalue weighted by Gasteiger charge is -2.06. The maximum absolute atomic E-state index is 14.4. The van der Waals surface area contributed by atoms with Crippen molar-refractivity contribution in [2.45, 2.75) is 18.4 Å². The number of carbonyl (C=O) groups is 2. The largest absolute Gasteiger partial charge is 0.468 e. The molecular formula is C19H17FN2O5S2. The molecule has 10 heteroatoms. The lowest BCUT2D eigenvalue weighted by Crippen LogP contribution is -2.23. The second-order valence-electron chi connectivity index (χ2n) is 5.95. The van der Waals surface area contributed by atoms with Crippen LogP contribution >= 0.6 is 11.3 Å². The minimum atomic E-state index is -3.65. The van der Waals surface area contributed by atoms with Gasteiger partial charge < -0.3 is 9.30 Å². The molecule has 0 saturated heterocycles. The van der Waals surface area contributed by atoms with E-state index in [2.05, 4.69) is 9.73 Å². The number of sulfone groups is 1. The number of ether oxygens (including phenoxy) is 1. The van der Waals surface area contributed by atoms with Gasteiger partial charge in [-0.05, 0) is 24.3 Å². The van der Waals surface area contributed by atoms with E-state index in [1.807, 2.05) is 0 Å². The first-order chi connectivity index (χ1) is 13.8. The third-order valence-electron chi connectivity index (χ3n) is 4.20. The number of carbonyl (C=O) groups excluding carboxylic acids is 2. The molecule has 7 nitrogen and oxygen atoms in total. The molecule has 29 heavy (non-hydrogen) atoms. The standard InChI is InChI=1S/C19H17FN2O5S2/c1-3-29(25,26)15-10-5-4-7-12(15)18(24)21-19-22(11-16(23)27-2)17-13(20)8-6-9-14(17)28-19/h4-10H,3,11H2,1-2H3. The Hall–Kier alpha value is -2.85. The third-order valence-corrected chi connectivity index (χ3v) is 7.03. The molecule has 152 valence electrons. The zero-order valence-corrected chi connectivity index (χ0v) is 17.2. The van der Waals surface area contributed by atoms with Crippen molar-refractivity contribution in [2.24, 2.45) is 4.99 Å². The number of methoxy groups -OCH3 is 1. The molecule has 3 rings (SSSR count). The van der Waals surface area contributed by atoms with Gasteiger partial charge in [0.05, 0.1) is 33.5 Å². The summed E-state index contributed by atoms with van der Waals surface area (Å²) in [7, 11) is -2.45. The molecule has 1 heterocycles. The van der Waals surface area contributed by atoms with Gasteiger partial charge in [0.25, 0.3) is 5.91 Å². The highest BCUT2D eigenvalue weighted by Crippen LogP contribution is 2.21. The number of esters is 1. The molecule has 0 radical (unpaired) electrons. The molecule has 0 aliphatic heterocycles. The maximum Gasteiger partial charge on any atom is 0.325 e. The fourth-order valence-corrected chi connectivity index (χ4v) is 4.86. The van der Waals surface area contributed by atoms with Crippen molar-refractivity contribution in [2.75, 3.05) is 12.9 Å². The van der Waals surface area contributed by atoms with E-state index in [9.17, 15) is 22.4 Å². The number of rotatable bonds is 5. The van der Waals surface area contributed by atoms with E-state index < -0.39 is 27.5 Å². The van der Waals surface area contributed by atoms with Gasteiger partial charge in [-0.15, -0.1) is 0 Å². The Bertz CT molecular complexity index is 1280. The molecule has 0 bridgehead atoms. The van der Waals surface area contributed by atoms with Crippen LogP contribution in [-0.2, 0) is 25.9 Å². The average Bonchev–Trinajstić information content (AvgIpc) is 3.05. The zero-order valence-electron chi connectivity index (χ0n) is 15.6. The second kappa shape index (κ2) is 8.26. The lowest BCUT2D eigenvalue weighted by molar-refractivity contribution is -0.141. The van der Waals surface area contributed by atoms with Crippen molar-refractivity contribution < 1.29 is 27.1 Å². The Labute approximate surface area is 170 Å². The monoisotopic (exact) mass is 436 g/mol. The van der Waals surface area contributed by atoms with Gasteiger partial charge in [0.1, 0.15) is 12.4 Å². The minimum absolute atomic E-state index is 0.0594. The highest BCUT2D eigenvalue weighted by molar-refractivity contribution is 7.91. The van der Waals surface area contributed by atoms with E-state index in [1.54, 1.807) is 6.07 Å². The first-order valence-corrected chi connectivity index (χ1v) is 11.0. The summed E-state index contributed by atoms with van der Waals surface area (Å²) >= 11 is 1.01. The van der Waals surface area contributed by atoms with Gasteiger partial charge in [-0.1, -0.05) is 36.5 Å². The van der Waals surface area contributed by atoms with Gasteiger partial charge in [0.15, 0.2) is 14.6 Å². The van der Waals surface area contributed by atoms with Crippen LogP contribution in [0.15, 0.2) is 52.4 Å². The number of para-hydroxylation sites is 1. The SMILES string of the molecule is CCS(=O)(=O)c1ccccc1C(=O)N=c1sc2cccc(F)c2n1CC(=O)OC. The van der Waals surface area contributed by atoms with Crippen LogP contribution < -0.4 is 4.80 Å². The number of halogens is 1. The second-order valence-corrected chi connectivity index (χ2v) is 9.21. The Morgan fingerprint density at radius 1 is 1.17 bits per heavy atom. The van der Waals surface area contributed by atoms with Crippen molar-refractivity contribution in [3.8, 4) is 0 Å². The predicted octanol–water partition coefficient (Wildman–Crippen LogP) is 2.55. The fourth-order valence-electron chi connectivity index (χ4n) is 2.73. The summed E-state index contributed by atoms with van der Waals surface area (Å²) in [5.74, 6) is -2.20. The van der Waals surface area contributed by atoms with Crippen LogP contribution in [0.25, 0.3) is 10.2 Å². The Kier molecular flexibility index (Phi) is 5.94. The molecular weight excluding hydrogens is 419 g/mol. The summed E-state index contributed by atoms with van der Waals surface area (Å²) in [4.78, 5) is 28.6. The van der Waals surface area contributed by atoms with Crippen LogP contribution in [0, 0.1) is 5.82 Å². The Morgan fingerprint density at radius 2 is 1.90 bits per heavy atom. The molecule has 0 saturated carbocycles. The van der Waals surface area contributed by atoms with Crippen LogP contribution in [0.4, 0.5) is 4.39 Å². The highest BCUT2D eigenvalue weighted by atomic mass is 32.2. The van der Waals surface area contributed by atoms with Crippen LogP contribution in [-0.4, -0.2) is 37.7 Å². The Balaban J connectivity index is 2.22. The third kappa shape index (κ3) is 4.13. The van der Waals surface area contributed by atoms with Gasteiger partial charge in [0.2, 0.25) is 0 Å². The van der Waals surface area contributed by atoms with Gasteiger partial charge >= 0.3 is 5.97 Å². The van der Waals surface area contributed by atoms with Gasteiger partial charge in [-0.25, -0.2) is 12.8 Å². The molecule has 1 amide bonds. The predicted molar refractivity (Wildman–Crippen MR) is 106 cm³/mol. The van der Waals surface area contributed by atoms with Crippen molar-refractivity contribution in [3.63, 3.8) is 0 Å². The van der Waals surface area contributed by atoms with Crippen LogP contribution in [0.3, 0.4) is 0 Å². The number of aromatic nitrogens is 1. The smallest absolute Gasteiger partial charge is 0.325 e. The van der Waals surface area contributed by atoms with Gasteiger partial charge in [-0.2, -0.15) is 4.99 Å². The van der Waals surface area contributed by atoms with E-state index in [1.165, 1.54) is 55.0 Å². The summed E-state index contributed by atoms with van der Waals surface area (Å²) in [6.07, 6.45) is 0. The summed E-state index contributed by atoms with van der Waals surface area (Å²) in [5, 5.41) is 0. The number of hydrogen-bond donors (Lipinski definition) is 0. The fraction of sp³-hybridized carbons (Fsp3) is 0.211.